The first kappa shape index (κ1) is 12.5. The van der Waals surface area contributed by atoms with Gasteiger partial charge in [-0.05, 0) is 24.5 Å². The van der Waals surface area contributed by atoms with Crippen LogP contribution in [0.4, 0.5) is 0 Å². The lowest BCUT2D eigenvalue weighted by Gasteiger charge is -2.33. The van der Waals surface area contributed by atoms with Gasteiger partial charge >= 0.3 is 0 Å². The zero-order valence-electron chi connectivity index (χ0n) is 11.0. The molecule has 0 radical (unpaired) electrons. The fourth-order valence-electron chi connectivity index (χ4n) is 2.84. The van der Waals surface area contributed by atoms with Crippen LogP contribution in [0.2, 0.25) is 0 Å². The third kappa shape index (κ3) is 2.73. The van der Waals surface area contributed by atoms with Gasteiger partial charge in [0.1, 0.15) is 0 Å². The maximum Gasteiger partial charge on any atom is 0.0700 e. The summed E-state index contributed by atoms with van der Waals surface area (Å²) >= 11 is 2.06. The number of ether oxygens (including phenoxy) is 1. The van der Waals surface area contributed by atoms with Crippen LogP contribution in [0.3, 0.4) is 0 Å². The largest absolute Gasteiger partial charge is 0.376 e. The van der Waals surface area contributed by atoms with Crippen molar-refractivity contribution in [2.75, 3.05) is 26.2 Å². The summed E-state index contributed by atoms with van der Waals surface area (Å²) in [5, 5.41) is 0.734. The highest BCUT2D eigenvalue weighted by Crippen LogP contribution is 2.37. The standard InChI is InChI=1S/C15H21NOS/c1-2-13-10-16(7-8-17-13)11-14-9-12-5-3-4-6-15(12)18-14/h3-6,13-14H,2,7-11H2,1H3. The van der Waals surface area contributed by atoms with Crippen molar-refractivity contribution >= 4 is 11.8 Å². The maximum absolute atomic E-state index is 5.74. The summed E-state index contributed by atoms with van der Waals surface area (Å²) in [6.45, 7) is 6.55. The van der Waals surface area contributed by atoms with Gasteiger partial charge in [-0.3, -0.25) is 4.90 Å². The number of hydrogen-bond acceptors (Lipinski definition) is 3. The Morgan fingerprint density at radius 3 is 3.11 bits per heavy atom. The summed E-state index contributed by atoms with van der Waals surface area (Å²) in [6.07, 6.45) is 2.82. The van der Waals surface area contributed by atoms with Gasteiger partial charge in [0.25, 0.3) is 0 Å². The molecular weight excluding hydrogens is 242 g/mol. The minimum atomic E-state index is 0.451. The Bertz CT molecular complexity index is 384. The third-order valence-corrected chi connectivity index (χ3v) is 5.16. The second-order valence-corrected chi connectivity index (χ2v) is 6.55. The zero-order chi connectivity index (χ0) is 12.4. The summed E-state index contributed by atoms with van der Waals surface area (Å²) in [4.78, 5) is 4.07. The van der Waals surface area contributed by atoms with Gasteiger partial charge in [0.15, 0.2) is 0 Å². The molecule has 1 fully saturated rings. The van der Waals surface area contributed by atoms with Crippen molar-refractivity contribution in [2.45, 2.75) is 36.0 Å². The Kier molecular flexibility index (Phi) is 3.92. The van der Waals surface area contributed by atoms with Gasteiger partial charge in [0, 0.05) is 29.8 Å². The number of fused-ring (bicyclic) bond motifs is 1. The molecule has 3 rings (SSSR count). The van der Waals surface area contributed by atoms with E-state index in [0.717, 1.165) is 31.4 Å². The van der Waals surface area contributed by atoms with Crippen LogP contribution in [0.5, 0.6) is 0 Å². The number of hydrogen-bond donors (Lipinski definition) is 0. The summed E-state index contributed by atoms with van der Waals surface area (Å²) in [5.74, 6) is 0. The molecule has 1 aromatic carbocycles. The molecule has 3 heteroatoms. The van der Waals surface area contributed by atoms with Crippen molar-refractivity contribution in [3.63, 3.8) is 0 Å². The number of thioether (sulfide) groups is 1. The van der Waals surface area contributed by atoms with E-state index < -0.39 is 0 Å². The molecule has 0 N–H and O–H groups in total. The molecule has 0 aliphatic carbocycles. The molecule has 1 aromatic rings. The monoisotopic (exact) mass is 263 g/mol. The van der Waals surface area contributed by atoms with Gasteiger partial charge < -0.3 is 4.74 Å². The minimum Gasteiger partial charge on any atom is -0.376 e. The summed E-state index contributed by atoms with van der Waals surface area (Å²) in [5.41, 5.74) is 1.54. The van der Waals surface area contributed by atoms with E-state index in [1.807, 2.05) is 0 Å². The lowest BCUT2D eigenvalue weighted by Crippen LogP contribution is -2.44. The Morgan fingerprint density at radius 1 is 1.39 bits per heavy atom. The molecule has 2 aliphatic rings. The number of morpholine rings is 1. The molecule has 0 saturated carbocycles. The highest BCUT2D eigenvalue weighted by atomic mass is 32.2. The van der Waals surface area contributed by atoms with Crippen molar-refractivity contribution in [1.82, 2.24) is 4.90 Å². The first-order valence-electron chi connectivity index (χ1n) is 6.93. The molecular formula is C15H21NOS. The van der Waals surface area contributed by atoms with Crippen LogP contribution in [0.1, 0.15) is 18.9 Å². The van der Waals surface area contributed by atoms with E-state index in [-0.39, 0.29) is 0 Å². The number of nitrogens with zero attached hydrogens (tertiary/aromatic N) is 1. The Morgan fingerprint density at radius 2 is 2.28 bits per heavy atom. The fraction of sp³-hybridized carbons (Fsp3) is 0.600. The number of benzene rings is 1. The first-order valence-corrected chi connectivity index (χ1v) is 7.81. The van der Waals surface area contributed by atoms with E-state index in [9.17, 15) is 0 Å². The Labute approximate surface area is 114 Å². The smallest absolute Gasteiger partial charge is 0.0700 e. The van der Waals surface area contributed by atoms with Crippen LogP contribution in [0.15, 0.2) is 29.2 Å². The first-order chi connectivity index (χ1) is 8.85. The average molecular weight is 263 g/mol. The van der Waals surface area contributed by atoms with Crippen LogP contribution in [-0.2, 0) is 11.2 Å². The van der Waals surface area contributed by atoms with E-state index in [4.69, 9.17) is 4.74 Å². The molecule has 0 bridgehead atoms. The molecule has 0 aromatic heterocycles. The molecule has 1 saturated heterocycles. The van der Waals surface area contributed by atoms with E-state index >= 15 is 0 Å². The van der Waals surface area contributed by atoms with Crippen LogP contribution >= 0.6 is 11.8 Å². The van der Waals surface area contributed by atoms with Crippen molar-refractivity contribution in [2.24, 2.45) is 0 Å². The zero-order valence-corrected chi connectivity index (χ0v) is 11.8. The molecule has 2 nitrogen and oxygen atoms in total. The van der Waals surface area contributed by atoms with E-state index in [0.29, 0.717) is 6.10 Å². The van der Waals surface area contributed by atoms with Crippen LogP contribution in [0.25, 0.3) is 0 Å². The molecule has 2 aliphatic heterocycles. The number of rotatable bonds is 3. The second-order valence-electron chi connectivity index (χ2n) is 5.21. The van der Waals surface area contributed by atoms with Gasteiger partial charge in [0.05, 0.1) is 12.7 Å². The van der Waals surface area contributed by atoms with Crippen molar-refractivity contribution < 1.29 is 4.74 Å². The Hall–Kier alpha value is -0.510. The summed E-state index contributed by atoms with van der Waals surface area (Å²) < 4.78 is 5.74. The third-order valence-electron chi connectivity index (χ3n) is 3.85. The van der Waals surface area contributed by atoms with Crippen molar-refractivity contribution in [3.05, 3.63) is 29.8 Å². The lowest BCUT2D eigenvalue weighted by atomic mass is 10.1. The Balaban J connectivity index is 1.56. The fourth-order valence-corrected chi connectivity index (χ4v) is 4.20. The van der Waals surface area contributed by atoms with Crippen molar-refractivity contribution in [3.8, 4) is 0 Å². The van der Waals surface area contributed by atoms with Gasteiger partial charge in [-0.1, -0.05) is 25.1 Å². The summed E-state index contributed by atoms with van der Waals surface area (Å²) in [6, 6.07) is 8.84. The van der Waals surface area contributed by atoms with Gasteiger partial charge in [-0.15, -0.1) is 11.8 Å². The molecule has 2 atom stereocenters. The van der Waals surface area contributed by atoms with Crippen LogP contribution in [0, 0.1) is 0 Å². The van der Waals surface area contributed by atoms with Gasteiger partial charge in [-0.2, -0.15) is 0 Å². The molecule has 18 heavy (non-hydrogen) atoms. The maximum atomic E-state index is 5.74. The second kappa shape index (κ2) is 5.64. The van der Waals surface area contributed by atoms with Gasteiger partial charge in [-0.25, -0.2) is 0 Å². The normalized spacial score (nSPS) is 28.3. The molecule has 98 valence electrons. The topological polar surface area (TPSA) is 12.5 Å². The average Bonchev–Trinajstić information content (AvgIpc) is 2.81. The van der Waals surface area contributed by atoms with E-state index in [1.165, 1.54) is 23.4 Å². The van der Waals surface area contributed by atoms with Crippen LogP contribution < -0.4 is 0 Å². The lowest BCUT2D eigenvalue weighted by molar-refractivity contribution is -0.0292. The van der Waals surface area contributed by atoms with Crippen LogP contribution in [-0.4, -0.2) is 42.5 Å². The minimum absolute atomic E-state index is 0.451. The quantitative estimate of drug-likeness (QED) is 0.832. The highest BCUT2D eigenvalue weighted by Gasteiger charge is 2.26. The molecule has 2 unspecified atom stereocenters. The molecule has 2 heterocycles. The van der Waals surface area contributed by atoms with Crippen molar-refractivity contribution in [1.29, 1.82) is 0 Å². The predicted octanol–water partition coefficient (Wildman–Crippen LogP) is 2.81. The molecule has 0 amide bonds. The van der Waals surface area contributed by atoms with E-state index in [2.05, 4.69) is 47.9 Å². The predicted molar refractivity (Wildman–Crippen MR) is 76.3 cm³/mol. The van der Waals surface area contributed by atoms with E-state index in [1.54, 1.807) is 0 Å². The SMILES string of the molecule is CCC1CN(CC2Cc3ccccc3S2)CCO1. The highest BCUT2D eigenvalue weighted by molar-refractivity contribution is 8.00. The molecule has 0 spiro atoms. The van der Waals surface area contributed by atoms with Gasteiger partial charge in [0.2, 0.25) is 0 Å². The summed E-state index contributed by atoms with van der Waals surface area (Å²) in [7, 11) is 0.